The number of imidazole rings is 1. The van der Waals surface area contributed by atoms with Crippen LogP contribution in [0.2, 0.25) is 0 Å². The predicted molar refractivity (Wildman–Crippen MR) is 154 cm³/mol. The summed E-state index contributed by atoms with van der Waals surface area (Å²) in [5, 5.41) is 4.12. The minimum Gasteiger partial charge on any atom is -0.382 e. The zero-order valence-corrected chi connectivity index (χ0v) is 22.5. The molecule has 4 heterocycles. The maximum Gasteiger partial charge on any atom is 0.335 e. The molecule has 0 aliphatic carbocycles. The largest absolute Gasteiger partial charge is 0.382 e. The van der Waals surface area contributed by atoms with Gasteiger partial charge in [-0.1, -0.05) is 29.9 Å². The fourth-order valence-corrected chi connectivity index (χ4v) is 5.34. The van der Waals surface area contributed by atoms with Gasteiger partial charge in [0.2, 0.25) is 11.7 Å². The minimum atomic E-state index is -0.344. The zero-order valence-electron chi connectivity index (χ0n) is 22.5. The number of rotatable bonds is 6. The lowest BCUT2D eigenvalue weighted by Crippen LogP contribution is -2.44. The summed E-state index contributed by atoms with van der Waals surface area (Å²) in [7, 11) is 0. The Bertz CT molecular complexity index is 1830. The molecule has 206 valence electrons. The van der Waals surface area contributed by atoms with E-state index in [0.29, 0.717) is 41.7 Å². The van der Waals surface area contributed by atoms with Gasteiger partial charge in [-0.2, -0.15) is 4.98 Å². The molecule has 1 amide bonds. The summed E-state index contributed by atoms with van der Waals surface area (Å²) in [6, 6.07) is 16.5. The summed E-state index contributed by atoms with van der Waals surface area (Å²) in [6.45, 7) is 6.40. The Kier molecular flexibility index (Phi) is 6.78. The number of anilines is 1. The highest BCUT2D eigenvalue weighted by molar-refractivity contribution is 5.84. The van der Waals surface area contributed by atoms with Gasteiger partial charge in [0, 0.05) is 24.2 Å². The quantitative estimate of drug-likeness (QED) is 0.314. The molecule has 6 rings (SSSR count). The lowest BCUT2D eigenvalue weighted by Gasteiger charge is -2.34. The van der Waals surface area contributed by atoms with E-state index in [4.69, 9.17) is 10.3 Å². The SMILES string of the molecule is C=C=CC(C)C(=O)N1CCCC(n2c(=O)n(-c3ccc(-c4noc(-c5ccccc5)n4)cc3)c3c(N)ncnc32)C1. The molecular formula is C30H28N8O3. The number of carbonyl (C=O) groups excluding carboxylic acids is 1. The number of likely N-dealkylation sites (tertiary alicyclic amines) is 1. The van der Waals surface area contributed by atoms with Gasteiger partial charge in [0.15, 0.2) is 11.5 Å². The van der Waals surface area contributed by atoms with Crippen LogP contribution in [0.3, 0.4) is 0 Å². The first-order valence-electron chi connectivity index (χ1n) is 13.3. The summed E-state index contributed by atoms with van der Waals surface area (Å²) >= 11 is 0. The molecule has 41 heavy (non-hydrogen) atoms. The van der Waals surface area contributed by atoms with E-state index < -0.39 is 0 Å². The number of hydrogen-bond acceptors (Lipinski definition) is 8. The van der Waals surface area contributed by atoms with Crippen LogP contribution in [0.25, 0.3) is 39.7 Å². The van der Waals surface area contributed by atoms with Crippen molar-refractivity contribution in [2.45, 2.75) is 25.8 Å². The fraction of sp³-hybridized carbons (Fsp3) is 0.233. The first-order valence-corrected chi connectivity index (χ1v) is 13.3. The molecule has 11 nitrogen and oxygen atoms in total. The summed E-state index contributed by atoms with van der Waals surface area (Å²) < 4.78 is 8.60. The van der Waals surface area contributed by atoms with Gasteiger partial charge in [-0.3, -0.25) is 13.9 Å². The van der Waals surface area contributed by atoms with Gasteiger partial charge < -0.3 is 15.2 Å². The van der Waals surface area contributed by atoms with Crippen LogP contribution >= 0.6 is 0 Å². The molecular weight excluding hydrogens is 520 g/mol. The van der Waals surface area contributed by atoms with E-state index >= 15 is 0 Å². The van der Waals surface area contributed by atoms with E-state index in [0.717, 1.165) is 24.0 Å². The number of benzene rings is 2. The second-order valence-corrected chi connectivity index (χ2v) is 9.99. The number of carbonyl (C=O) groups is 1. The minimum absolute atomic E-state index is 0.0238. The topological polar surface area (TPSA) is 138 Å². The first kappa shape index (κ1) is 26.0. The van der Waals surface area contributed by atoms with Crippen molar-refractivity contribution in [2.75, 3.05) is 18.8 Å². The Morgan fingerprint density at radius 3 is 2.68 bits per heavy atom. The second kappa shape index (κ2) is 10.7. The molecule has 1 aliphatic heterocycles. The molecule has 2 aromatic carbocycles. The van der Waals surface area contributed by atoms with Crippen LogP contribution in [0, 0.1) is 5.92 Å². The number of aromatic nitrogens is 6. The molecule has 5 aromatic rings. The van der Waals surface area contributed by atoms with E-state index in [1.165, 1.54) is 10.9 Å². The number of fused-ring (bicyclic) bond motifs is 1. The van der Waals surface area contributed by atoms with Crippen molar-refractivity contribution >= 4 is 22.9 Å². The van der Waals surface area contributed by atoms with Crippen LogP contribution in [0.5, 0.6) is 0 Å². The van der Waals surface area contributed by atoms with Crippen molar-refractivity contribution in [2.24, 2.45) is 5.92 Å². The first-order chi connectivity index (χ1) is 20.0. The number of nitrogens with zero attached hydrogens (tertiary/aromatic N) is 7. The second-order valence-electron chi connectivity index (χ2n) is 9.99. The molecule has 0 bridgehead atoms. The average Bonchev–Trinajstić information content (AvgIpc) is 3.61. The number of nitrogens with two attached hydrogens (primary N) is 1. The number of piperidine rings is 1. The third-order valence-electron chi connectivity index (χ3n) is 7.34. The van der Waals surface area contributed by atoms with Gasteiger partial charge in [-0.25, -0.2) is 14.8 Å². The Balaban J connectivity index is 1.36. The van der Waals surface area contributed by atoms with E-state index in [2.05, 4.69) is 32.4 Å². The highest BCUT2D eigenvalue weighted by Gasteiger charge is 2.31. The van der Waals surface area contributed by atoms with Gasteiger partial charge in [-0.05, 0) is 62.2 Å². The summed E-state index contributed by atoms with van der Waals surface area (Å²) in [5.74, 6) is 0.673. The van der Waals surface area contributed by atoms with Gasteiger partial charge >= 0.3 is 5.69 Å². The molecule has 2 atom stereocenters. The molecule has 2 unspecified atom stereocenters. The van der Waals surface area contributed by atoms with Gasteiger partial charge in [0.05, 0.1) is 17.6 Å². The molecule has 1 fully saturated rings. The molecule has 1 saturated heterocycles. The predicted octanol–water partition coefficient (Wildman–Crippen LogP) is 4.02. The van der Waals surface area contributed by atoms with Crippen LogP contribution in [-0.2, 0) is 4.79 Å². The third-order valence-corrected chi connectivity index (χ3v) is 7.34. The maximum atomic E-state index is 14.0. The lowest BCUT2D eigenvalue weighted by molar-refractivity contribution is -0.135. The monoisotopic (exact) mass is 548 g/mol. The zero-order chi connectivity index (χ0) is 28.5. The van der Waals surface area contributed by atoms with Crippen molar-refractivity contribution in [3.63, 3.8) is 0 Å². The summed E-state index contributed by atoms with van der Waals surface area (Å²) in [6.07, 6.45) is 4.48. The van der Waals surface area contributed by atoms with Crippen LogP contribution in [0.1, 0.15) is 25.8 Å². The number of hydrogen-bond donors (Lipinski definition) is 1. The molecule has 3 aromatic heterocycles. The Labute approximate surface area is 235 Å². The van der Waals surface area contributed by atoms with Crippen LogP contribution in [-0.4, -0.2) is 53.1 Å². The summed E-state index contributed by atoms with van der Waals surface area (Å²) in [4.78, 5) is 41.9. The van der Waals surface area contributed by atoms with Crippen molar-refractivity contribution in [1.29, 1.82) is 0 Å². The van der Waals surface area contributed by atoms with Crippen molar-refractivity contribution in [3.05, 3.63) is 89.8 Å². The van der Waals surface area contributed by atoms with E-state index in [1.54, 1.807) is 27.7 Å². The highest BCUT2D eigenvalue weighted by atomic mass is 16.5. The van der Waals surface area contributed by atoms with Crippen molar-refractivity contribution in [3.8, 4) is 28.5 Å². The van der Waals surface area contributed by atoms with Crippen LogP contribution in [0.15, 0.2) is 88.6 Å². The molecule has 0 radical (unpaired) electrons. The number of nitrogen functional groups attached to an aromatic ring is 1. The molecule has 1 aliphatic rings. The smallest absolute Gasteiger partial charge is 0.335 e. The fourth-order valence-electron chi connectivity index (χ4n) is 5.34. The van der Waals surface area contributed by atoms with Gasteiger partial charge in [0.25, 0.3) is 5.89 Å². The van der Waals surface area contributed by atoms with Crippen LogP contribution in [0.4, 0.5) is 5.82 Å². The Morgan fingerprint density at radius 1 is 1.15 bits per heavy atom. The molecule has 0 spiro atoms. The molecule has 11 heteroatoms. The highest BCUT2D eigenvalue weighted by Crippen LogP contribution is 2.29. The average molecular weight is 549 g/mol. The third kappa shape index (κ3) is 4.72. The molecule has 0 saturated carbocycles. The van der Waals surface area contributed by atoms with Crippen molar-refractivity contribution < 1.29 is 9.32 Å². The number of amides is 1. The Hall–Kier alpha value is -5.28. The summed E-state index contributed by atoms with van der Waals surface area (Å²) in [5.41, 5.74) is 11.7. The van der Waals surface area contributed by atoms with E-state index in [9.17, 15) is 9.59 Å². The normalized spacial score (nSPS) is 15.9. The standard InChI is InChI=1S/C30H28N8O3/c1-3-8-19(2)29(39)36-16-7-11-23(17-36)38-27-24(25(31)32-18-33-27)37(30(38)40)22-14-12-20(13-15-22)26-34-28(41-35-26)21-9-5-4-6-10-21/h4-6,8-10,12-15,18-19,23H,1,7,11,16-17H2,2H3,(H2,31,32,33). The Morgan fingerprint density at radius 2 is 1.93 bits per heavy atom. The van der Waals surface area contributed by atoms with E-state index in [1.807, 2.05) is 49.4 Å². The molecule has 2 N–H and O–H groups in total. The van der Waals surface area contributed by atoms with Crippen LogP contribution < -0.4 is 11.4 Å². The van der Waals surface area contributed by atoms with E-state index in [-0.39, 0.29) is 29.4 Å². The lowest BCUT2D eigenvalue weighted by atomic mass is 10.0. The van der Waals surface area contributed by atoms with Gasteiger partial charge in [0.1, 0.15) is 11.8 Å². The maximum absolute atomic E-state index is 14.0. The van der Waals surface area contributed by atoms with Gasteiger partial charge in [-0.15, -0.1) is 5.73 Å². The van der Waals surface area contributed by atoms with Crippen molar-refractivity contribution in [1.82, 2.24) is 34.1 Å².